The Morgan fingerprint density at radius 1 is 1.14 bits per heavy atom. The molecule has 0 aliphatic heterocycles. The molecule has 0 bridgehead atoms. The second-order valence-corrected chi connectivity index (χ2v) is 7.85. The minimum Gasteiger partial charge on any atom is -0.310 e. The van der Waals surface area contributed by atoms with Gasteiger partial charge in [0.2, 0.25) is 0 Å². The molecule has 0 aliphatic rings. The molecule has 120 valence electrons. The molecule has 1 unspecified atom stereocenters. The maximum absolute atomic E-state index is 5.98. The van der Waals surface area contributed by atoms with Crippen LogP contribution in [-0.2, 0) is 0 Å². The SMILES string of the molecule is CCCCCCCNC(C)(C)C(SS)c1ccc(Cl)cc1. The molecule has 0 spiro atoms. The van der Waals surface area contributed by atoms with E-state index in [1.54, 1.807) is 10.8 Å². The summed E-state index contributed by atoms with van der Waals surface area (Å²) in [6.45, 7) is 7.82. The van der Waals surface area contributed by atoms with Crippen LogP contribution in [0.3, 0.4) is 0 Å². The maximum Gasteiger partial charge on any atom is 0.0574 e. The summed E-state index contributed by atoms with van der Waals surface area (Å²) in [6, 6.07) is 8.10. The number of halogens is 1. The van der Waals surface area contributed by atoms with E-state index in [1.165, 1.54) is 37.7 Å². The Hall–Kier alpha value is 0.170. The van der Waals surface area contributed by atoms with Gasteiger partial charge in [-0.15, -0.1) is 11.7 Å². The quantitative estimate of drug-likeness (QED) is 0.293. The lowest BCUT2D eigenvalue weighted by atomic mass is 9.94. The summed E-state index contributed by atoms with van der Waals surface area (Å²) in [5.41, 5.74) is 1.27. The van der Waals surface area contributed by atoms with Crippen molar-refractivity contribution in [1.82, 2.24) is 5.32 Å². The number of benzene rings is 1. The minimum absolute atomic E-state index is 0.00496. The summed E-state index contributed by atoms with van der Waals surface area (Å²) in [6.07, 6.45) is 6.56. The lowest BCUT2D eigenvalue weighted by Crippen LogP contribution is -2.43. The third kappa shape index (κ3) is 6.85. The first-order chi connectivity index (χ1) is 10.0. The largest absolute Gasteiger partial charge is 0.310 e. The molecule has 1 aromatic rings. The fraction of sp³-hybridized carbons (Fsp3) is 0.647. The monoisotopic (exact) mass is 345 g/mol. The van der Waals surface area contributed by atoms with E-state index in [-0.39, 0.29) is 5.54 Å². The molecular formula is C17H28ClNS2. The zero-order chi connectivity index (χ0) is 15.7. The highest BCUT2D eigenvalue weighted by Crippen LogP contribution is 2.40. The van der Waals surface area contributed by atoms with Gasteiger partial charge in [-0.2, -0.15) is 0 Å². The van der Waals surface area contributed by atoms with E-state index < -0.39 is 0 Å². The molecule has 1 rings (SSSR count). The fourth-order valence-corrected chi connectivity index (χ4v) is 4.39. The van der Waals surface area contributed by atoms with Gasteiger partial charge < -0.3 is 5.32 Å². The third-order valence-corrected chi connectivity index (χ3v) is 5.75. The summed E-state index contributed by atoms with van der Waals surface area (Å²) >= 11 is 10.5. The molecule has 0 amide bonds. The summed E-state index contributed by atoms with van der Waals surface area (Å²) in [4.78, 5) is 0. The minimum atomic E-state index is 0.00496. The van der Waals surface area contributed by atoms with Crippen molar-refractivity contribution in [2.75, 3.05) is 6.54 Å². The van der Waals surface area contributed by atoms with Crippen molar-refractivity contribution in [2.24, 2.45) is 0 Å². The Morgan fingerprint density at radius 3 is 2.33 bits per heavy atom. The van der Waals surface area contributed by atoms with Crippen LogP contribution in [0, 0.1) is 0 Å². The van der Waals surface area contributed by atoms with Gasteiger partial charge in [-0.1, -0.05) is 67.1 Å². The van der Waals surface area contributed by atoms with Gasteiger partial charge in [-0.05, 0) is 44.5 Å². The zero-order valence-electron chi connectivity index (χ0n) is 13.4. The van der Waals surface area contributed by atoms with Crippen molar-refractivity contribution in [3.05, 3.63) is 34.9 Å². The van der Waals surface area contributed by atoms with Gasteiger partial charge in [0.1, 0.15) is 0 Å². The van der Waals surface area contributed by atoms with Crippen molar-refractivity contribution >= 4 is 34.1 Å². The highest BCUT2D eigenvalue weighted by molar-refractivity contribution is 8.68. The van der Waals surface area contributed by atoms with Crippen LogP contribution in [-0.4, -0.2) is 12.1 Å². The van der Waals surface area contributed by atoms with Crippen molar-refractivity contribution in [3.8, 4) is 0 Å². The molecule has 0 aliphatic carbocycles. The molecule has 0 heterocycles. The fourth-order valence-electron chi connectivity index (χ4n) is 2.48. The van der Waals surface area contributed by atoms with Crippen molar-refractivity contribution in [3.63, 3.8) is 0 Å². The van der Waals surface area contributed by atoms with Crippen LogP contribution in [0.2, 0.25) is 5.02 Å². The molecule has 0 aromatic heterocycles. The van der Waals surface area contributed by atoms with E-state index in [2.05, 4.69) is 49.9 Å². The Morgan fingerprint density at radius 2 is 1.76 bits per heavy atom. The number of nitrogens with one attached hydrogen (secondary N) is 1. The van der Waals surface area contributed by atoms with Gasteiger partial charge in [0, 0.05) is 10.6 Å². The first-order valence-electron chi connectivity index (χ1n) is 7.82. The van der Waals surface area contributed by atoms with Crippen LogP contribution in [0.15, 0.2) is 24.3 Å². The van der Waals surface area contributed by atoms with Gasteiger partial charge in [-0.25, -0.2) is 0 Å². The van der Waals surface area contributed by atoms with Crippen LogP contribution in [0.1, 0.15) is 63.7 Å². The highest BCUT2D eigenvalue weighted by Gasteiger charge is 2.30. The van der Waals surface area contributed by atoms with E-state index in [0.717, 1.165) is 11.6 Å². The second kappa shape index (κ2) is 10.0. The maximum atomic E-state index is 5.98. The standard InChI is InChI=1S/C17H28ClNS2/c1-4-5-6-7-8-13-19-17(2,3)16(21-20)14-9-11-15(18)12-10-14/h9-12,16,19-20H,4-8,13H2,1-3H3. The lowest BCUT2D eigenvalue weighted by molar-refractivity contribution is 0.374. The number of thiol groups is 1. The van der Waals surface area contributed by atoms with Gasteiger partial charge in [0.05, 0.1) is 5.25 Å². The molecule has 0 fully saturated rings. The lowest BCUT2D eigenvalue weighted by Gasteiger charge is -2.34. The first-order valence-corrected chi connectivity index (χ1v) is 10.1. The molecule has 0 radical (unpaired) electrons. The Kier molecular flexibility index (Phi) is 9.19. The van der Waals surface area contributed by atoms with E-state index >= 15 is 0 Å². The van der Waals surface area contributed by atoms with Crippen LogP contribution in [0.5, 0.6) is 0 Å². The Labute approximate surface area is 144 Å². The van der Waals surface area contributed by atoms with Crippen LogP contribution >= 0.6 is 34.1 Å². The van der Waals surface area contributed by atoms with Crippen LogP contribution in [0.4, 0.5) is 0 Å². The van der Waals surface area contributed by atoms with Gasteiger partial charge >= 0.3 is 0 Å². The Balaban J connectivity index is 2.51. The molecule has 4 heteroatoms. The van der Waals surface area contributed by atoms with Gasteiger partial charge in [-0.3, -0.25) is 0 Å². The van der Waals surface area contributed by atoms with E-state index in [1.807, 2.05) is 12.1 Å². The Bertz CT molecular complexity index is 392. The van der Waals surface area contributed by atoms with E-state index in [9.17, 15) is 0 Å². The molecule has 1 nitrogen and oxygen atoms in total. The van der Waals surface area contributed by atoms with Crippen molar-refractivity contribution in [1.29, 1.82) is 0 Å². The average molecular weight is 346 g/mol. The second-order valence-electron chi connectivity index (χ2n) is 6.10. The van der Waals surface area contributed by atoms with E-state index in [0.29, 0.717) is 5.25 Å². The number of unbranched alkanes of at least 4 members (excludes halogenated alkanes) is 4. The molecule has 1 aromatic carbocycles. The highest BCUT2D eigenvalue weighted by atomic mass is 35.5. The molecule has 0 saturated heterocycles. The summed E-state index contributed by atoms with van der Waals surface area (Å²) in [5, 5.41) is 4.78. The van der Waals surface area contributed by atoms with Gasteiger partial charge in [0.25, 0.3) is 0 Å². The number of hydrogen-bond acceptors (Lipinski definition) is 3. The van der Waals surface area contributed by atoms with Crippen LogP contribution in [0.25, 0.3) is 0 Å². The topological polar surface area (TPSA) is 12.0 Å². The summed E-state index contributed by atoms with van der Waals surface area (Å²) in [7, 11) is 1.60. The van der Waals surface area contributed by atoms with E-state index in [4.69, 9.17) is 11.6 Å². The van der Waals surface area contributed by atoms with Crippen molar-refractivity contribution < 1.29 is 0 Å². The summed E-state index contributed by atoms with van der Waals surface area (Å²) in [5.74, 6) is 0. The predicted octanol–water partition coefficient (Wildman–Crippen LogP) is 6.30. The first kappa shape index (κ1) is 19.2. The molecule has 21 heavy (non-hydrogen) atoms. The third-order valence-electron chi connectivity index (χ3n) is 3.79. The predicted molar refractivity (Wildman–Crippen MR) is 102 cm³/mol. The van der Waals surface area contributed by atoms with Crippen LogP contribution < -0.4 is 5.32 Å². The normalized spacial score (nSPS) is 13.4. The zero-order valence-corrected chi connectivity index (χ0v) is 15.8. The summed E-state index contributed by atoms with van der Waals surface area (Å²) < 4.78 is 0. The molecular weight excluding hydrogens is 318 g/mol. The van der Waals surface area contributed by atoms with Crippen molar-refractivity contribution in [2.45, 2.75) is 63.7 Å². The smallest absolute Gasteiger partial charge is 0.0574 e. The number of rotatable bonds is 10. The number of hydrogen-bond donors (Lipinski definition) is 2. The average Bonchev–Trinajstić information content (AvgIpc) is 2.45. The molecule has 1 atom stereocenters. The molecule has 1 N–H and O–H groups in total. The molecule has 0 saturated carbocycles. The van der Waals surface area contributed by atoms with Gasteiger partial charge in [0.15, 0.2) is 0 Å².